The number of hydrogen-bond acceptors (Lipinski definition) is 2. The van der Waals surface area contributed by atoms with Crippen LogP contribution in [0.15, 0.2) is 18.2 Å². The van der Waals surface area contributed by atoms with Crippen LogP contribution in [0, 0.1) is 6.92 Å². The fourth-order valence-electron chi connectivity index (χ4n) is 2.28. The minimum atomic E-state index is -0.0284. The van der Waals surface area contributed by atoms with Crippen molar-refractivity contribution in [1.82, 2.24) is 4.90 Å². The lowest BCUT2D eigenvalue weighted by Gasteiger charge is -2.37. The molecule has 0 spiro atoms. The molecule has 98 valence electrons. The molecule has 18 heavy (non-hydrogen) atoms. The number of amides is 1. The van der Waals surface area contributed by atoms with E-state index in [9.17, 15) is 4.79 Å². The topological polar surface area (TPSA) is 40.5 Å². The fourth-order valence-corrected chi connectivity index (χ4v) is 2.57. The molecule has 0 radical (unpaired) electrons. The molecular formula is C14H18ClNO2. The number of nitrogens with zero attached hydrogens (tertiary/aromatic N) is 1. The summed E-state index contributed by atoms with van der Waals surface area (Å²) < 4.78 is 0. The van der Waals surface area contributed by atoms with Crippen molar-refractivity contribution in [3.8, 4) is 0 Å². The molecule has 1 amide bonds. The van der Waals surface area contributed by atoms with Crippen LogP contribution in [0.2, 0.25) is 5.02 Å². The number of aryl methyl sites for hydroxylation is 1. The highest BCUT2D eigenvalue weighted by Gasteiger charge is 2.29. The second-order valence-corrected chi connectivity index (χ2v) is 5.26. The monoisotopic (exact) mass is 267 g/mol. The molecule has 1 aromatic carbocycles. The zero-order valence-electron chi connectivity index (χ0n) is 10.5. The first kappa shape index (κ1) is 13.4. The summed E-state index contributed by atoms with van der Waals surface area (Å²) in [7, 11) is 0. The number of hydrogen-bond donors (Lipinski definition) is 1. The van der Waals surface area contributed by atoms with Gasteiger partial charge in [-0.1, -0.05) is 11.6 Å². The quantitative estimate of drug-likeness (QED) is 0.911. The Kier molecular flexibility index (Phi) is 4.25. The second kappa shape index (κ2) is 5.72. The molecule has 1 aliphatic rings. The van der Waals surface area contributed by atoms with Gasteiger partial charge in [-0.05, 0) is 49.9 Å². The first-order valence-corrected chi connectivity index (χ1v) is 6.68. The Morgan fingerprint density at radius 1 is 1.44 bits per heavy atom. The predicted molar refractivity (Wildman–Crippen MR) is 72.0 cm³/mol. The Bertz CT molecular complexity index is 423. The van der Waals surface area contributed by atoms with Gasteiger partial charge in [-0.2, -0.15) is 0 Å². The number of carbonyl (C=O) groups is 1. The molecule has 3 nitrogen and oxygen atoms in total. The largest absolute Gasteiger partial charge is 0.395 e. The van der Waals surface area contributed by atoms with E-state index in [0.29, 0.717) is 17.1 Å². The van der Waals surface area contributed by atoms with Crippen molar-refractivity contribution in [2.75, 3.05) is 13.2 Å². The third-order valence-electron chi connectivity index (χ3n) is 3.41. The third kappa shape index (κ3) is 2.85. The highest BCUT2D eigenvalue weighted by atomic mass is 35.5. The standard InChI is InChI=1S/C14H18ClNO2/c1-10-7-11(9-12(15)8-10)14(18)16(5-6-17)13-3-2-4-13/h7-9,13,17H,2-6H2,1H3. The predicted octanol–water partition coefficient (Wildman–Crippen LogP) is 2.64. The van der Waals surface area contributed by atoms with Crippen LogP contribution >= 0.6 is 11.6 Å². The van der Waals surface area contributed by atoms with Crippen LogP contribution in [0.5, 0.6) is 0 Å². The minimum Gasteiger partial charge on any atom is -0.395 e. The fraction of sp³-hybridized carbons (Fsp3) is 0.500. The lowest BCUT2D eigenvalue weighted by atomic mass is 9.91. The van der Waals surface area contributed by atoms with Gasteiger partial charge in [-0.25, -0.2) is 0 Å². The first-order valence-electron chi connectivity index (χ1n) is 6.31. The van der Waals surface area contributed by atoms with Crippen LogP contribution in [0.4, 0.5) is 0 Å². The first-order chi connectivity index (χ1) is 8.61. The Morgan fingerprint density at radius 3 is 2.67 bits per heavy atom. The number of rotatable bonds is 4. The molecule has 0 aromatic heterocycles. The van der Waals surface area contributed by atoms with Gasteiger partial charge in [-0.3, -0.25) is 4.79 Å². The summed E-state index contributed by atoms with van der Waals surface area (Å²) in [5, 5.41) is 9.67. The van der Waals surface area contributed by atoms with Crippen LogP contribution in [0.1, 0.15) is 35.2 Å². The van der Waals surface area contributed by atoms with Gasteiger partial charge in [0.2, 0.25) is 0 Å². The van der Waals surface area contributed by atoms with E-state index in [1.807, 2.05) is 19.1 Å². The number of halogens is 1. The van der Waals surface area contributed by atoms with Crippen LogP contribution in [0.3, 0.4) is 0 Å². The average molecular weight is 268 g/mol. The summed E-state index contributed by atoms with van der Waals surface area (Å²) in [6.07, 6.45) is 3.23. The number of benzene rings is 1. The third-order valence-corrected chi connectivity index (χ3v) is 3.62. The van der Waals surface area contributed by atoms with Crippen molar-refractivity contribution in [2.24, 2.45) is 0 Å². The maximum Gasteiger partial charge on any atom is 0.254 e. The number of aliphatic hydroxyl groups excluding tert-OH is 1. The van der Waals surface area contributed by atoms with Crippen molar-refractivity contribution < 1.29 is 9.90 Å². The van der Waals surface area contributed by atoms with Gasteiger partial charge in [0.15, 0.2) is 0 Å². The lowest BCUT2D eigenvalue weighted by molar-refractivity contribution is 0.0525. The molecule has 2 rings (SSSR count). The summed E-state index contributed by atoms with van der Waals surface area (Å²) >= 11 is 5.98. The van der Waals surface area contributed by atoms with E-state index in [1.165, 1.54) is 0 Å². The van der Waals surface area contributed by atoms with Gasteiger partial charge in [0.25, 0.3) is 5.91 Å². The summed E-state index contributed by atoms with van der Waals surface area (Å²) in [5.74, 6) is -0.0284. The molecule has 0 aliphatic heterocycles. The van der Waals surface area contributed by atoms with Crippen molar-refractivity contribution in [3.63, 3.8) is 0 Å². The molecule has 0 bridgehead atoms. The molecule has 4 heteroatoms. The normalized spacial score (nSPS) is 15.3. The Morgan fingerprint density at radius 2 is 2.17 bits per heavy atom. The zero-order chi connectivity index (χ0) is 13.1. The Labute approximate surface area is 112 Å². The van der Waals surface area contributed by atoms with E-state index >= 15 is 0 Å². The highest BCUT2D eigenvalue weighted by Crippen LogP contribution is 2.26. The molecule has 0 atom stereocenters. The Hall–Kier alpha value is -1.06. The highest BCUT2D eigenvalue weighted by molar-refractivity contribution is 6.31. The molecule has 0 heterocycles. The van der Waals surface area contributed by atoms with Crippen molar-refractivity contribution in [2.45, 2.75) is 32.2 Å². The second-order valence-electron chi connectivity index (χ2n) is 4.82. The summed E-state index contributed by atoms with van der Waals surface area (Å²) in [5.41, 5.74) is 1.59. The lowest BCUT2D eigenvalue weighted by Crippen LogP contribution is -2.45. The van der Waals surface area contributed by atoms with Gasteiger partial charge >= 0.3 is 0 Å². The smallest absolute Gasteiger partial charge is 0.254 e. The minimum absolute atomic E-state index is 0.00177. The van der Waals surface area contributed by atoms with Gasteiger partial charge in [0, 0.05) is 23.2 Å². The zero-order valence-corrected chi connectivity index (χ0v) is 11.3. The van der Waals surface area contributed by atoms with Crippen LogP contribution in [0.25, 0.3) is 0 Å². The van der Waals surface area contributed by atoms with E-state index in [0.717, 1.165) is 24.8 Å². The number of aliphatic hydroxyl groups is 1. The Balaban J connectivity index is 2.21. The van der Waals surface area contributed by atoms with E-state index in [1.54, 1.807) is 11.0 Å². The van der Waals surface area contributed by atoms with E-state index in [4.69, 9.17) is 16.7 Å². The molecule has 1 saturated carbocycles. The van der Waals surface area contributed by atoms with Crippen LogP contribution < -0.4 is 0 Å². The van der Waals surface area contributed by atoms with Gasteiger partial charge in [-0.15, -0.1) is 0 Å². The van der Waals surface area contributed by atoms with Gasteiger partial charge < -0.3 is 10.0 Å². The maximum absolute atomic E-state index is 12.4. The molecular weight excluding hydrogens is 250 g/mol. The molecule has 1 aliphatic carbocycles. The van der Waals surface area contributed by atoms with E-state index in [-0.39, 0.29) is 18.6 Å². The molecule has 0 unspecified atom stereocenters. The van der Waals surface area contributed by atoms with Crippen molar-refractivity contribution >= 4 is 17.5 Å². The van der Waals surface area contributed by atoms with Gasteiger partial charge in [0.05, 0.1) is 6.61 Å². The molecule has 1 N–H and O–H groups in total. The summed E-state index contributed by atoms with van der Waals surface area (Å²) in [6.45, 7) is 2.32. The average Bonchev–Trinajstić information content (AvgIpc) is 2.23. The van der Waals surface area contributed by atoms with Crippen LogP contribution in [-0.2, 0) is 0 Å². The SMILES string of the molecule is Cc1cc(Cl)cc(C(=O)N(CCO)C2CCC2)c1. The number of carbonyl (C=O) groups excluding carboxylic acids is 1. The molecule has 1 fully saturated rings. The maximum atomic E-state index is 12.4. The van der Waals surface area contributed by atoms with E-state index < -0.39 is 0 Å². The van der Waals surface area contributed by atoms with Gasteiger partial charge in [0.1, 0.15) is 0 Å². The van der Waals surface area contributed by atoms with Crippen molar-refractivity contribution in [1.29, 1.82) is 0 Å². The molecule has 0 saturated heterocycles. The van der Waals surface area contributed by atoms with Crippen molar-refractivity contribution in [3.05, 3.63) is 34.3 Å². The summed E-state index contributed by atoms with van der Waals surface area (Å²) in [4.78, 5) is 14.2. The summed E-state index contributed by atoms with van der Waals surface area (Å²) in [6, 6.07) is 5.65. The molecule has 1 aromatic rings. The van der Waals surface area contributed by atoms with E-state index in [2.05, 4.69) is 0 Å². The van der Waals surface area contributed by atoms with Crippen LogP contribution in [-0.4, -0.2) is 35.1 Å².